The molecule has 0 amide bonds. The number of nitrogens with one attached hydrogen (secondary N) is 1. The van der Waals surface area contributed by atoms with Gasteiger partial charge in [0.05, 0.1) is 14.2 Å². The summed E-state index contributed by atoms with van der Waals surface area (Å²) in [5.41, 5.74) is 2.83. The number of aryl methyl sites for hydroxylation is 2. The van der Waals surface area contributed by atoms with Crippen LogP contribution in [0, 0.1) is 13.8 Å². The molecule has 0 aliphatic carbocycles. The van der Waals surface area contributed by atoms with Gasteiger partial charge in [-0.1, -0.05) is 6.07 Å². The maximum absolute atomic E-state index is 14.0. The molecule has 0 radical (unpaired) electrons. The lowest BCUT2D eigenvalue weighted by molar-refractivity contribution is 0.0542. The van der Waals surface area contributed by atoms with E-state index in [0.29, 0.717) is 53.8 Å². The van der Waals surface area contributed by atoms with Crippen LogP contribution in [0.4, 0.5) is 5.95 Å². The number of hydrogen-bond donors (Lipinski definition) is 1. The molecule has 13 heteroatoms. The van der Waals surface area contributed by atoms with Crippen molar-refractivity contribution in [3.05, 3.63) is 66.0 Å². The number of anilines is 1. The summed E-state index contributed by atoms with van der Waals surface area (Å²) >= 11 is 0. The molecule has 5 rings (SSSR count). The van der Waals surface area contributed by atoms with E-state index in [2.05, 4.69) is 29.9 Å². The Labute approximate surface area is 232 Å². The van der Waals surface area contributed by atoms with E-state index in [4.69, 9.17) is 14.2 Å². The van der Waals surface area contributed by atoms with Gasteiger partial charge in [-0.3, -0.25) is 14.3 Å². The maximum atomic E-state index is 14.0. The highest BCUT2D eigenvalue weighted by atomic mass is 32.2. The van der Waals surface area contributed by atoms with Gasteiger partial charge in [0.1, 0.15) is 28.5 Å². The van der Waals surface area contributed by atoms with Gasteiger partial charge < -0.3 is 14.2 Å². The molecule has 0 spiro atoms. The minimum atomic E-state index is -4.09. The third-order valence-electron chi connectivity index (χ3n) is 6.63. The first-order valence-electron chi connectivity index (χ1n) is 12.8. The number of rotatable bonds is 8. The standard InChI is InChI=1S/C27H31N7O5S/c1-17-12-19(16-28-13-17)26-31-32-27(34(26)23-20(37-3)8-7-9-21(23)38-4)33-40(35,36)22-10-5-6-11-39-24(22)25-29-14-18(2)15-30-25/h7-9,12-16,22,24H,5-6,10-11H2,1-4H3,(H,32,33)/t22-,24+/m0/s1. The van der Waals surface area contributed by atoms with Crippen molar-refractivity contribution in [1.82, 2.24) is 29.7 Å². The Morgan fingerprint density at radius 1 is 0.975 bits per heavy atom. The van der Waals surface area contributed by atoms with E-state index >= 15 is 0 Å². The zero-order valence-corrected chi connectivity index (χ0v) is 23.6. The molecule has 0 saturated carbocycles. The molecule has 1 aliphatic rings. The summed E-state index contributed by atoms with van der Waals surface area (Å²) in [6.07, 6.45) is 7.57. The van der Waals surface area contributed by atoms with Crippen LogP contribution in [-0.2, 0) is 14.8 Å². The second-order valence-corrected chi connectivity index (χ2v) is 11.4. The first kappa shape index (κ1) is 27.5. The number of para-hydroxylation sites is 1. The number of pyridine rings is 1. The molecule has 1 aromatic carbocycles. The summed E-state index contributed by atoms with van der Waals surface area (Å²) in [4.78, 5) is 13.0. The van der Waals surface area contributed by atoms with Crippen molar-refractivity contribution in [2.24, 2.45) is 0 Å². The largest absolute Gasteiger partial charge is 0.494 e. The van der Waals surface area contributed by atoms with Crippen molar-refractivity contribution < 1.29 is 22.6 Å². The molecule has 1 N–H and O–H groups in total. The molecular formula is C27H31N7O5S. The van der Waals surface area contributed by atoms with Gasteiger partial charge in [-0.15, -0.1) is 10.2 Å². The first-order valence-corrected chi connectivity index (χ1v) is 14.4. The second-order valence-electron chi connectivity index (χ2n) is 9.54. The average molecular weight is 566 g/mol. The van der Waals surface area contributed by atoms with Crippen LogP contribution in [0.2, 0.25) is 0 Å². The Hall–Kier alpha value is -4.10. The molecule has 4 heterocycles. The minimum Gasteiger partial charge on any atom is -0.494 e. The van der Waals surface area contributed by atoms with Crippen LogP contribution in [0.25, 0.3) is 17.1 Å². The van der Waals surface area contributed by atoms with Crippen LogP contribution in [0.3, 0.4) is 0 Å². The van der Waals surface area contributed by atoms with E-state index in [9.17, 15) is 8.42 Å². The fourth-order valence-corrected chi connectivity index (χ4v) is 6.25. The third kappa shape index (κ3) is 5.47. The lowest BCUT2D eigenvalue weighted by atomic mass is 10.1. The fraction of sp³-hybridized carbons (Fsp3) is 0.370. The topological polar surface area (TPSA) is 143 Å². The predicted octanol–water partition coefficient (Wildman–Crippen LogP) is 3.81. The molecular weight excluding hydrogens is 534 g/mol. The number of sulfonamides is 1. The van der Waals surface area contributed by atoms with Crippen molar-refractivity contribution in [2.45, 2.75) is 44.5 Å². The van der Waals surface area contributed by atoms with Crippen LogP contribution in [0.5, 0.6) is 11.5 Å². The molecule has 12 nitrogen and oxygen atoms in total. The van der Waals surface area contributed by atoms with Gasteiger partial charge in [-0.05, 0) is 62.4 Å². The van der Waals surface area contributed by atoms with Crippen molar-refractivity contribution in [3.8, 4) is 28.6 Å². The van der Waals surface area contributed by atoms with Crippen molar-refractivity contribution in [2.75, 3.05) is 25.5 Å². The Morgan fingerprint density at radius 2 is 1.70 bits per heavy atom. The fourth-order valence-electron chi connectivity index (χ4n) is 4.71. The molecule has 4 aromatic rings. The molecule has 1 saturated heterocycles. The van der Waals surface area contributed by atoms with Gasteiger partial charge in [0, 0.05) is 37.0 Å². The lowest BCUT2D eigenvalue weighted by Gasteiger charge is -2.24. The number of nitrogens with zero attached hydrogens (tertiary/aromatic N) is 6. The highest BCUT2D eigenvalue weighted by molar-refractivity contribution is 7.93. The Bertz CT molecular complexity index is 1570. The SMILES string of the molecule is COc1cccc(OC)c1-n1c(NS(=O)(=O)[C@H]2CCCCO[C@H]2c2ncc(C)cn2)nnc1-c1cncc(C)c1. The smallest absolute Gasteiger partial charge is 0.243 e. The van der Waals surface area contributed by atoms with E-state index in [1.807, 2.05) is 19.9 Å². The minimum absolute atomic E-state index is 0.0351. The van der Waals surface area contributed by atoms with Gasteiger partial charge in [0.15, 0.2) is 11.6 Å². The van der Waals surface area contributed by atoms with E-state index < -0.39 is 21.4 Å². The van der Waals surface area contributed by atoms with Crippen molar-refractivity contribution in [3.63, 3.8) is 0 Å². The van der Waals surface area contributed by atoms with Gasteiger partial charge in [-0.2, -0.15) is 0 Å². The van der Waals surface area contributed by atoms with E-state index in [-0.39, 0.29) is 5.95 Å². The molecule has 210 valence electrons. The molecule has 1 fully saturated rings. The van der Waals surface area contributed by atoms with E-state index in [0.717, 1.165) is 17.5 Å². The van der Waals surface area contributed by atoms with Crippen molar-refractivity contribution >= 4 is 16.0 Å². The molecule has 1 aliphatic heterocycles. The number of ether oxygens (including phenoxy) is 3. The van der Waals surface area contributed by atoms with Crippen LogP contribution in [0.1, 0.15) is 42.3 Å². The van der Waals surface area contributed by atoms with Gasteiger partial charge in [0.2, 0.25) is 16.0 Å². The monoisotopic (exact) mass is 565 g/mol. The quantitative estimate of drug-likeness (QED) is 0.335. The van der Waals surface area contributed by atoms with Crippen molar-refractivity contribution in [1.29, 1.82) is 0 Å². The van der Waals surface area contributed by atoms with Crippen LogP contribution < -0.4 is 14.2 Å². The Morgan fingerprint density at radius 3 is 2.38 bits per heavy atom. The summed E-state index contributed by atoms with van der Waals surface area (Å²) in [7, 11) is -1.04. The summed E-state index contributed by atoms with van der Waals surface area (Å²) in [5, 5.41) is 7.68. The number of hydrogen-bond acceptors (Lipinski definition) is 10. The van der Waals surface area contributed by atoms with E-state index in [1.165, 1.54) is 14.2 Å². The normalized spacial score (nSPS) is 17.7. The summed E-state index contributed by atoms with van der Waals surface area (Å²) in [5.74, 6) is 1.51. The first-order chi connectivity index (χ1) is 19.3. The van der Waals surface area contributed by atoms with Crippen LogP contribution in [0.15, 0.2) is 49.1 Å². The zero-order valence-electron chi connectivity index (χ0n) is 22.7. The molecule has 0 unspecified atom stereocenters. The van der Waals surface area contributed by atoms with Gasteiger partial charge in [0.25, 0.3) is 0 Å². The zero-order chi connectivity index (χ0) is 28.3. The summed E-state index contributed by atoms with van der Waals surface area (Å²) in [6, 6.07) is 7.16. The molecule has 0 bridgehead atoms. The second kappa shape index (κ2) is 11.6. The highest BCUT2D eigenvalue weighted by Gasteiger charge is 2.39. The van der Waals surface area contributed by atoms with Gasteiger partial charge >= 0.3 is 0 Å². The highest BCUT2D eigenvalue weighted by Crippen LogP contribution is 2.38. The maximum Gasteiger partial charge on any atom is 0.243 e. The Balaban J connectivity index is 1.63. The molecule has 40 heavy (non-hydrogen) atoms. The molecule has 3 aromatic heterocycles. The van der Waals surface area contributed by atoms with Crippen LogP contribution >= 0.6 is 0 Å². The average Bonchev–Trinajstić information content (AvgIpc) is 3.17. The number of aromatic nitrogens is 6. The van der Waals surface area contributed by atoms with Crippen LogP contribution in [-0.4, -0.2) is 64.2 Å². The van der Waals surface area contributed by atoms with Gasteiger partial charge in [-0.25, -0.2) is 18.4 Å². The number of methoxy groups -OCH3 is 2. The Kier molecular flexibility index (Phi) is 7.94. The summed E-state index contributed by atoms with van der Waals surface area (Å²) in [6.45, 7) is 4.19. The third-order valence-corrected chi connectivity index (χ3v) is 8.37. The predicted molar refractivity (Wildman–Crippen MR) is 148 cm³/mol. The summed E-state index contributed by atoms with van der Waals surface area (Å²) < 4.78 is 49.7. The molecule has 2 atom stereocenters. The van der Waals surface area contributed by atoms with E-state index in [1.54, 1.807) is 47.6 Å². The number of benzene rings is 1. The lowest BCUT2D eigenvalue weighted by Crippen LogP contribution is -2.35.